The zero-order chi connectivity index (χ0) is 17.3. The Morgan fingerprint density at radius 2 is 1.88 bits per heavy atom. The van der Waals surface area contributed by atoms with E-state index in [4.69, 9.17) is 11.6 Å². The van der Waals surface area contributed by atoms with Crippen molar-refractivity contribution in [3.05, 3.63) is 79.8 Å². The third-order valence-electron chi connectivity index (χ3n) is 3.86. The number of pyridine rings is 1. The fraction of sp³-hybridized carbons (Fsp3) is 0.176. The summed E-state index contributed by atoms with van der Waals surface area (Å²) in [4.78, 5) is 23.9. The van der Waals surface area contributed by atoms with E-state index in [1.54, 1.807) is 18.5 Å². The molecule has 8 heteroatoms. The van der Waals surface area contributed by atoms with Gasteiger partial charge in [-0.3, -0.25) is 9.59 Å². The van der Waals surface area contributed by atoms with Crippen molar-refractivity contribution in [1.82, 2.24) is 8.97 Å². The predicted octanol–water partition coefficient (Wildman–Crippen LogP) is 3.01. The molecule has 132 valence electrons. The maximum atomic E-state index is 13.7. The van der Waals surface area contributed by atoms with Crippen molar-refractivity contribution in [2.24, 2.45) is 0 Å². The molecular weight excluding hydrogens is 370 g/mol. The molecule has 0 atom stereocenters. The Kier molecular flexibility index (Phi) is 5.87. The van der Waals surface area contributed by atoms with Crippen LogP contribution in [0, 0.1) is 5.82 Å². The number of aromatic hydroxyl groups is 1. The molecule has 3 rings (SSSR count). The normalized spacial score (nSPS) is 10.6. The highest BCUT2D eigenvalue weighted by Crippen LogP contribution is 2.20. The second-order valence-corrected chi connectivity index (χ2v) is 5.79. The number of rotatable bonds is 4. The summed E-state index contributed by atoms with van der Waals surface area (Å²) in [6.07, 6.45) is 5.40. The van der Waals surface area contributed by atoms with E-state index in [0.29, 0.717) is 30.0 Å². The van der Waals surface area contributed by atoms with Crippen LogP contribution in [0.4, 0.5) is 4.39 Å². The van der Waals surface area contributed by atoms with Gasteiger partial charge in [-0.1, -0.05) is 17.7 Å². The summed E-state index contributed by atoms with van der Waals surface area (Å²) < 4.78 is 16.5. The third-order valence-corrected chi connectivity index (χ3v) is 4.21. The average Bonchev–Trinajstić information content (AvgIpc) is 2.55. The summed E-state index contributed by atoms with van der Waals surface area (Å²) in [6, 6.07) is 5.68. The van der Waals surface area contributed by atoms with Crippen molar-refractivity contribution in [3.63, 3.8) is 0 Å². The zero-order valence-corrected chi connectivity index (χ0v) is 14.6. The minimum absolute atomic E-state index is 0. The lowest BCUT2D eigenvalue weighted by atomic mass is 10.1. The van der Waals surface area contributed by atoms with Crippen LogP contribution in [0.25, 0.3) is 5.52 Å². The number of fused-ring (bicyclic) bond motifs is 1. The summed E-state index contributed by atoms with van der Waals surface area (Å²) in [5.41, 5.74) is -0.753. The van der Waals surface area contributed by atoms with E-state index < -0.39 is 16.7 Å². The molecule has 0 fully saturated rings. The lowest BCUT2D eigenvalue weighted by molar-refractivity contribution is 0.471. The summed E-state index contributed by atoms with van der Waals surface area (Å²) in [7, 11) is 0. The molecule has 2 heterocycles. The van der Waals surface area contributed by atoms with Gasteiger partial charge in [0.05, 0.1) is 0 Å². The molecule has 1 aromatic carbocycles. The highest BCUT2D eigenvalue weighted by molar-refractivity contribution is 6.31. The van der Waals surface area contributed by atoms with Crippen LogP contribution in [-0.4, -0.2) is 14.1 Å². The van der Waals surface area contributed by atoms with Gasteiger partial charge in [0.1, 0.15) is 5.82 Å². The van der Waals surface area contributed by atoms with E-state index in [2.05, 4.69) is 0 Å². The second kappa shape index (κ2) is 7.72. The molecule has 3 aromatic rings. The Balaban J connectivity index is 0.00000225. The summed E-state index contributed by atoms with van der Waals surface area (Å²) in [6.45, 7) is 0.308. The van der Waals surface area contributed by atoms with Crippen molar-refractivity contribution in [2.75, 3.05) is 0 Å². The van der Waals surface area contributed by atoms with E-state index >= 15 is 0 Å². The molecule has 0 aliphatic carbocycles. The SMILES string of the molecule is Cl.O=c1ccn2ccn(CCCc3c(F)cccc3Cl)c(=O)c2c1O. The van der Waals surface area contributed by atoms with E-state index in [9.17, 15) is 19.1 Å². The monoisotopic (exact) mass is 384 g/mol. The number of hydrogen-bond acceptors (Lipinski definition) is 3. The van der Waals surface area contributed by atoms with E-state index in [1.807, 2.05) is 0 Å². The first-order chi connectivity index (χ1) is 11.5. The molecule has 0 saturated heterocycles. The Morgan fingerprint density at radius 3 is 2.60 bits per heavy atom. The van der Waals surface area contributed by atoms with Crippen molar-refractivity contribution in [3.8, 4) is 5.75 Å². The van der Waals surface area contributed by atoms with Gasteiger partial charge in [-0.2, -0.15) is 0 Å². The molecule has 1 N–H and O–H groups in total. The van der Waals surface area contributed by atoms with Crippen molar-refractivity contribution in [2.45, 2.75) is 19.4 Å². The minimum Gasteiger partial charge on any atom is -0.503 e. The molecule has 0 bridgehead atoms. The third kappa shape index (κ3) is 3.70. The fourth-order valence-corrected chi connectivity index (χ4v) is 2.86. The molecule has 5 nitrogen and oxygen atoms in total. The molecule has 0 amide bonds. The van der Waals surface area contributed by atoms with Crippen LogP contribution < -0.4 is 11.0 Å². The summed E-state index contributed by atoms with van der Waals surface area (Å²) >= 11 is 5.98. The van der Waals surface area contributed by atoms with Crippen LogP contribution in [0.15, 0.2) is 52.4 Å². The number of halogens is 3. The minimum atomic E-state index is -0.608. The average molecular weight is 385 g/mol. The van der Waals surface area contributed by atoms with E-state index in [-0.39, 0.29) is 23.7 Å². The fourth-order valence-electron chi connectivity index (χ4n) is 2.61. The number of hydrogen-bond donors (Lipinski definition) is 1. The highest BCUT2D eigenvalue weighted by atomic mass is 35.5. The molecule has 25 heavy (non-hydrogen) atoms. The lowest BCUT2D eigenvalue weighted by Gasteiger charge is -2.10. The largest absolute Gasteiger partial charge is 0.503 e. The second-order valence-electron chi connectivity index (χ2n) is 5.38. The Bertz CT molecular complexity index is 1010. The summed E-state index contributed by atoms with van der Waals surface area (Å²) in [5, 5.41) is 10.2. The van der Waals surface area contributed by atoms with Crippen LogP contribution in [0.3, 0.4) is 0 Å². The highest BCUT2D eigenvalue weighted by Gasteiger charge is 2.11. The van der Waals surface area contributed by atoms with Gasteiger partial charge < -0.3 is 14.1 Å². The topological polar surface area (TPSA) is 63.7 Å². The molecule has 0 aliphatic heterocycles. The van der Waals surface area contributed by atoms with Gasteiger partial charge >= 0.3 is 0 Å². The zero-order valence-electron chi connectivity index (χ0n) is 13.0. The standard InChI is InChI=1S/C17H14ClFN2O3.ClH/c18-12-4-1-5-13(19)11(12)3-2-7-21-10-9-20-8-6-14(22)16(23)15(20)17(21)24;/h1,4-6,8-10,23H,2-3,7H2;1H. The first-order valence-corrected chi connectivity index (χ1v) is 7.73. The van der Waals surface area contributed by atoms with Crippen molar-refractivity contribution < 1.29 is 9.50 Å². The van der Waals surface area contributed by atoms with Gasteiger partial charge in [-0.05, 0) is 25.0 Å². The maximum Gasteiger partial charge on any atom is 0.278 e. The van der Waals surface area contributed by atoms with Gasteiger partial charge in [0.25, 0.3) is 5.56 Å². The molecular formula is C17H15Cl2FN2O3. The Labute approximate surface area is 153 Å². The van der Waals surface area contributed by atoms with Crippen molar-refractivity contribution in [1.29, 1.82) is 0 Å². The molecule has 0 aliphatic rings. The number of benzene rings is 1. The number of aryl methyl sites for hydroxylation is 1. The predicted molar refractivity (Wildman–Crippen MR) is 96.6 cm³/mol. The molecule has 0 saturated carbocycles. The number of aromatic nitrogens is 2. The summed E-state index contributed by atoms with van der Waals surface area (Å²) in [5.74, 6) is -0.952. The van der Waals surface area contributed by atoms with E-state index in [1.165, 1.54) is 33.4 Å². The smallest absolute Gasteiger partial charge is 0.278 e. The van der Waals surface area contributed by atoms with Gasteiger partial charge in [0.2, 0.25) is 5.43 Å². The molecule has 0 radical (unpaired) electrons. The quantitative estimate of drug-likeness (QED) is 0.751. The maximum absolute atomic E-state index is 13.7. The van der Waals surface area contributed by atoms with Gasteiger partial charge in [0, 0.05) is 41.8 Å². The van der Waals surface area contributed by atoms with Crippen LogP contribution in [0.1, 0.15) is 12.0 Å². The first-order valence-electron chi connectivity index (χ1n) is 7.35. The van der Waals surface area contributed by atoms with Crippen LogP contribution in [0.2, 0.25) is 5.02 Å². The van der Waals surface area contributed by atoms with Crippen LogP contribution in [-0.2, 0) is 13.0 Å². The lowest BCUT2D eigenvalue weighted by Crippen LogP contribution is -2.23. The number of nitrogens with zero attached hydrogens (tertiary/aromatic N) is 2. The molecule has 0 unspecified atom stereocenters. The first kappa shape index (κ1) is 19.0. The van der Waals surface area contributed by atoms with Crippen LogP contribution >= 0.6 is 24.0 Å². The van der Waals surface area contributed by atoms with Crippen LogP contribution in [0.5, 0.6) is 5.75 Å². The van der Waals surface area contributed by atoms with Gasteiger partial charge in [-0.15, -0.1) is 12.4 Å². The van der Waals surface area contributed by atoms with Gasteiger partial charge in [0.15, 0.2) is 11.3 Å². The molecule has 0 spiro atoms. The Morgan fingerprint density at radius 1 is 1.12 bits per heavy atom. The van der Waals surface area contributed by atoms with Gasteiger partial charge in [-0.25, -0.2) is 4.39 Å². The van der Waals surface area contributed by atoms with Crippen molar-refractivity contribution >= 4 is 29.5 Å². The Hall–Kier alpha value is -2.31. The molecule has 2 aromatic heterocycles. The van der Waals surface area contributed by atoms with E-state index in [0.717, 1.165) is 0 Å².